The Kier molecular flexibility index (Phi) is 8.84. The van der Waals surface area contributed by atoms with Crippen molar-refractivity contribution in [2.45, 2.75) is 78.8 Å². The standard InChI is InChI=1S/C22H40O3Si/c1-10-17(2)21(25-26(8,9)22(4,5)6)18(3)15-24-16-19-11-13-20(23-7)14-12-19/h11-14,17-18,21H,10,15-16H2,1-9H3. The molecule has 0 saturated heterocycles. The van der Waals surface area contributed by atoms with Crippen LogP contribution in [-0.4, -0.2) is 28.1 Å². The fourth-order valence-electron chi connectivity index (χ4n) is 2.72. The van der Waals surface area contributed by atoms with Crippen molar-refractivity contribution in [3.8, 4) is 5.75 Å². The lowest BCUT2D eigenvalue weighted by molar-refractivity contribution is 0.00993. The highest BCUT2D eigenvalue weighted by molar-refractivity contribution is 6.74. The van der Waals surface area contributed by atoms with Crippen molar-refractivity contribution in [2.75, 3.05) is 13.7 Å². The third-order valence-electron chi connectivity index (χ3n) is 5.81. The zero-order valence-corrected chi connectivity index (χ0v) is 19.4. The van der Waals surface area contributed by atoms with E-state index in [2.05, 4.69) is 66.8 Å². The Balaban J connectivity index is 2.66. The number of benzene rings is 1. The van der Waals surface area contributed by atoms with E-state index in [9.17, 15) is 0 Å². The number of ether oxygens (including phenoxy) is 2. The molecule has 3 unspecified atom stereocenters. The van der Waals surface area contributed by atoms with Crippen molar-refractivity contribution in [2.24, 2.45) is 11.8 Å². The van der Waals surface area contributed by atoms with Crippen LogP contribution in [0.5, 0.6) is 5.75 Å². The number of hydrogen-bond acceptors (Lipinski definition) is 3. The highest BCUT2D eigenvalue weighted by Crippen LogP contribution is 2.39. The highest BCUT2D eigenvalue weighted by Gasteiger charge is 2.41. The maximum Gasteiger partial charge on any atom is 0.192 e. The summed E-state index contributed by atoms with van der Waals surface area (Å²) in [6.45, 7) is 19.7. The fourth-order valence-corrected chi connectivity index (χ4v) is 4.22. The quantitative estimate of drug-likeness (QED) is 0.447. The minimum Gasteiger partial charge on any atom is -0.497 e. The van der Waals surface area contributed by atoms with Gasteiger partial charge in [0.05, 0.1) is 26.4 Å². The summed E-state index contributed by atoms with van der Waals surface area (Å²) in [6, 6.07) is 8.07. The van der Waals surface area contributed by atoms with E-state index < -0.39 is 8.32 Å². The van der Waals surface area contributed by atoms with Gasteiger partial charge in [-0.2, -0.15) is 0 Å². The SMILES string of the molecule is CCC(C)C(O[Si](C)(C)C(C)(C)C)C(C)COCc1ccc(OC)cc1. The number of hydrogen-bond donors (Lipinski definition) is 0. The van der Waals surface area contributed by atoms with Gasteiger partial charge in [-0.1, -0.05) is 60.1 Å². The van der Waals surface area contributed by atoms with Crippen molar-refractivity contribution in [1.29, 1.82) is 0 Å². The van der Waals surface area contributed by atoms with Gasteiger partial charge in [0, 0.05) is 5.92 Å². The molecule has 0 fully saturated rings. The van der Waals surface area contributed by atoms with Crippen LogP contribution < -0.4 is 4.74 Å². The third-order valence-corrected chi connectivity index (χ3v) is 10.3. The third kappa shape index (κ3) is 6.71. The van der Waals surface area contributed by atoms with Gasteiger partial charge < -0.3 is 13.9 Å². The van der Waals surface area contributed by atoms with Crippen LogP contribution in [0.4, 0.5) is 0 Å². The summed E-state index contributed by atoms with van der Waals surface area (Å²) >= 11 is 0. The molecule has 150 valence electrons. The maximum atomic E-state index is 6.79. The molecule has 26 heavy (non-hydrogen) atoms. The monoisotopic (exact) mass is 380 g/mol. The van der Waals surface area contributed by atoms with Gasteiger partial charge in [0.25, 0.3) is 0 Å². The van der Waals surface area contributed by atoms with Crippen LogP contribution >= 0.6 is 0 Å². The molecule has 3 atom stereocenters. The Hall–Kier alpha value is -0.843. The Morgan fingerprint density at radius 3 is 2.04 bits per heavy atom. The first-order valence-corrected chi connectivity index (χ1v) is 12.8. The Labute approximate surface area is 162 Å². The lowest BCUT2D eigenvalue weighted by Crippen LogP contribution is -2.48. The summed E-state index contributed by atoms with van der Waals surface area (Å²) in [4.78, 5) is 0. The minimum atomic E-state index is -1.79. The van der Waals surface area contributed by atoms with Crippen molar-refractivity contribution in [3.05, 3.63) is 29.8 Å². The molecular formula is C22H40O3Si. The molecule has 0 aliphatic rings. The van der Waals surface area contributed by atoms with Gasteiger partial charge in [-0.05, 0) is 41.7 Å². The predicted octanol–water partition coefficient (Wildman–Crippen LogP) is 6.28. The molecule has 1 aromatic rings. The van der Waals surface area contributed by atoms with Crippen molar-refractivity contribution in [3.63, 3.8) is 0 Å². The van der Waals surface area contributed by atoms with Gasteiger partial charge in [-0.15, -0.1) is 0 Å². The van der Waals surface area contributed by atoms with Crippen LogP contribution in [0.1, 0.15) is 53.5 Å². The van der Waals surface area contributed by atoms with Crippen molar-refractivity contribution >= 4 is 8.32 Å². The molecule has 0 aromatic heterocycles. The summed E-state index contributed by atoms with van der Waals surface area (Å²) in [6.07, 6.45) is 1.37. The van der Waals surface area contributed by atoms with E-state index in [0.717, 1.165) is 18.8 Å². The van der Waals surface area contributed by atoms with Gasteiger partial charge in [0.1, 0.15) is 5.75 Å². The maximum absolute atomic E-state index is 6.79. The largest absolute Gasteiger partial charge is 0.497 e. The Morgan fingerprint density at radius 2 is 1.58 bits per heavy atom. The lowest BCUT2D eigenvalue weighted by atomic mass is 9.92. The second-order valence-corrected chi connectivity index (χ2v) is 13.8. The van der Waals surface area contributed by atoms with E-state index in [1.165, 1.54) is 5.56 Å². The van der Waals surface area contributed by atoms with Crippen LogP contribution in [0.3, 0.4) is 0 Å². The highest BCUT2D eigenvalue weighted by atomic mass is 28.4. The summed E-state index contributed by atoms with van der Waals surface area (Å²) < 4.78 is 18.0. The Morgan fingerprint density at radius 1 is 1.00 bits per heavy atom. The van der Waals surface area contributed by atoms with Gasteiger partial charge in [-0.3, -0.25) is 0 Å². The molecule has 4 heteroatoms. The zero-order valence-electron chi connectivity index (χ0n) is 18.4. The molecule has 0 N–H and O–H groups in total. The molecule has 3 nitrogen and oxygen atoms in total. The van der Waals surface area contributed by atoms with Crippen LogP contribution in [0.2, 0.25) is 18.1 Å². The molecule has 0 aliphatic carbocycles. The normalized spacial score (nSPS) is 16.2. The van der Waals surface area contributed by atoms with Crippen LogP contribution in [0.25, 0.3) is 0 Å². The molecule has 0 bridgehead atoms. The molecule has 0 radical (unpaired) electrons. The summed E-state index contributed by atoms with van der Waals surface area (Å²) in [7, 11) is -0.108. The smallest absolute Gasteiger partial charge is 0.192 e. The molecule has 0 aliphatic heterocycles. The predicted molar refractivity (Wildman–Crippen MR) is 113 cm³/mol. The van der Waals surface area contributed by atoms with E-state index in [0.29, 0.717) is 18.4 Å². The number of rotatable bonds is 10. The molecule has 0 amide bonds. The minimum absolute atomic E-state index is 0.225. The molecule has 0 saturated carbocycles. The molecule has 1 rings (SSSR count). The van der Waals surface area contributed by atoms with Gasteiger partial charge in [0.15, 0.2) is 8.32 Å². The van der Waals surface area contributed by atoms with E-state index in [1.807, 2.05) is 12.1 Å². The average molecular weight is 381 g/mol. The second-order valence-electron chi connectivity index (χ2n) is 9.07. The first-order chi connectivity index (χ1) is 12.0. The Bertz CT molecular complexity index is 519. The van der Waals surface area contributed by atoms with Crippen LogP contribution in [0, 0.1) is 11.8 Å². The van der Waals surface area contributed by atoms with E-state index in [-0.39, 0.29) is 11.1 Å². The lowest BCUT2D eigenvalue weighted by Gasteiger charge is -2.42. The first kappa shape index (κ1) is 23.2. The van der Waals surface area contributed by atoms with E-state index >= 15 is 0 Å². The molecular weight excluding hydrogens is 340 g/mol. The fraction of sp³-hybridized carbons (Fsp3) is 0.727. The summed E-state index contributed by atoms with van der Waals surface area (Å²) in [5, 5.41) is 0.225. The average Bonchev–Trinajstić information content (AvgIpc) is 2.58. The van der Waals surface area contributed by atoms with Crippen molar-refractivity contribution < 1.29 is 13.9 Å². The summed E-state index contributed by atoms with van der Waals surface area (Å²) in [5.74, 6) is 1.78. The summed E-state index contributed by atoms with van der Waals surface area (Å²) in [5.41, 5.74) is 1.17. The van der Waals surface area contributed by atoms with E-state index in [1.54, 1.807) is 7.11 Å². The number of methoxy groups -OCH3 is 1. The second kappa shape index (κ2) is 9.91. The molecule has 0 spiro atoms. The molecule has 0 heterocycles. The van der Waals surface area contributed by atoms with E-state index in [4.69, 9.17) is 13.9 Å². The van der Waals surface area contributed by atoms with Crippen LogP contribution in [-0.2, 0) is 15.8 Å². The topological polar surface area (TPSA) is 27.7 Å². The molecule has 1 aromatic carbocycles. The van der Waals surface area contributed by atoms with Gasteiger partial charge in [-0.25, -0.2) is 0 Å². The first-order valence-electron chi connectivity index (χ1n) is 9.90. The van der Waals surface area contributed by atoms with Crippen molar-refractivity contribution in [1.82, 2.24) is 0 Å². The zero-order chi connectivity index (χ0) is 20.0. The van der Waals surface area contributed by atoms with Gasteiger partial charge in [0.2, 0.25) is 0 Å². The van der Waals surface area contributed by atoms with Crippen LogP contribution in [0.15, 0.2) is 24.3 Å². The van der Waals surface area contributed by atoms with Gasteiger partial charge >= 0.3 is 0 Å².